The molecule has 0 unspecified atom stereocenters. The van der Waals surface area contributed by atoms with Crippen molar-refractivity contribution in [3.63, 3.8) is 0 Å². The van der Waals surface area contributed by atoms with Gasteiger partial charge in [0.15, 0.2) is 6.19 Å². The van der Waals surface area contributed by atoms with E-state index in [2.05, 4.69) is 0 Å². The van der Waals surface area contributed by atoms with Gasteiger partial charge in [0, 0.05) is 11.0 Å². The maximum absolute atomic E-state index is 13.6. The highest BCUT2D eigenvalue weighted by atomic mass is 32.2. The molecule has 6 heteroatoms. The molecule has 0 aromatic heterocycles. The van der Waals surface area contributed by atoms with Crippen LogP contribution in [0.3, 0.4) is 0 Å². The highest BCUT2D eigenvalue weighted by Crippen LogP contribution is 2.34. The second-order valence-corrected chi connectivity index (χ2v) is 5.36. The summed E-state index contributed by atoms with van der Waals surface area (Å²) in [6, 6.07) is 9.80. The van der Waals surface area contributed by atoms with Gasteiger partial charge in [0.25, 0.3) is 0 Å². The van der Waals surface area contributed by atoms with E-state index < -0.39 is 5.82 Å². The number of nitrogens with zero attached hydrogens (tertiary/aromatic N) is 2. The van der Waals surface area contributed by atoms with Gasteiger partial charge >= 0.3 is 0 Å². The summed E-state index contributed by atoms with van der Waals surface area (Å²) in [5.74, 6) is 0.495. The molecule has 3 nitrogen and oxygen atoms in total. The Morgan fingerprint density at radius 3 is 2.55 bits per heavy atom. The molecule has 0 amide bonds. The van der Waals surface area contributed by atoms with Crippen LogP contribution < -0.4 is 4.74 Å². The van der Waals surface area contributed by atoms with E-state index in [9.17, 15) is 8.78 Å². The molecule has 1 aliphatic heterocycles. The van der Waals surface area contributed by atoms with Crippen molar-refractivity contribution in [2.75, 3.05) is 5.88 Å². The maximum Gasteiger partial charge on any atom is 0.216 e. The third kappa shape index (κ3) is 2.90. The van der Waals surface area contributed by atoms with Crippen molar-refractivity contribution in [2.24, 2.45) is 0 Å². The normalized spacial score (nSPS) is 13.7. The van der Waals surface area contributed by atoms with E-state index in [0.717, 1.165) is 0 Å². The monoisotopic (exact) mass is 316 g/mol. The molecule has 0 radical (unpaired) electrons. The molecule has 0 atom stereocenters. The summed E-state index contributed by atoms with van der Waals surface area (Å²) in [6.07, 6.45) is 2.01. The predicted molar refractivity (Wildman–Crippen MR) is 80.4 cm³/mol. The average Bonchev–Trinajstić information content (AvgIpc) is 2.97. The smallest absolute Gasteiger partial charge is 0.216 e. The summed E-state index contributed by atoms with van der Waals surface area (Å²) in [4.78, 5) is 1.39. The quantitative estimate of drug-likeness (QED) is 0.791. The molecule has 0 saturated carbocycles. The van der Waals surface area contributed by atoms with E-state index in [4.69, 9.17) is 10.00 Å². The molecule has 0 fully saturated rings. The lowest BCUT2D eigenvalue weighted by Crippen LogP contribution is -2.16. The Labute approximate surface area is 130 Å². The fraction of sp³-hybridized carbons (Fsp3) is 0.0625. The number of thioether (sulfide) groups is 1. The van der Waals surface area contributed by atoms with Crippen molar-refractivity contribution in [1.29, 1.82) is 5.26 Å². The second kappa shape index (κ2) is 6.08. The number of halogens is 2. The van der Waals surface area contributed by atoms with Gasteiger partial charge in [0.1, 0.15) is 17.4 Å². The first-order valence-electron chi connectivity index (χ1n) is 6.40. The van der Waals surface area contributed by atoms with Crippen molar-refractivity contribution in [3.05, 3.63) is 65.4 Å². The molecule has 0 aliphatic carbocycles. The number of hydrogen-bond donors (Lipinski definition) is 0. The summed E-state index contributed by atoms with van der Waals surface area (Å²) >= 11 is 1.43. The molecular formula is C16H10F2N2OS. The van der Waals surface area contributed by atoms with Crippen LogP contribution >= 0.6 is 11.8 Å². The number of rotatable bonds is 3. The van der Waals surface area contributed by atoms with Gasteiger partial charge in [-0.15, -0.1) is 11.8 Å². The van der Waals surface area contributed by atoms with E-state index in [1.54, 1.807) is 17.5 Å². The minimum absolute atomic E-state index is 0.367. The zero-order chi connectivity index (χ0) is 15.5. The highest BCUT2D eigenvalue weighted by Gasteiger charge is 2.19. The molecule has 2 aromatic carbocycles. The number of ether oxygens (including phenoxy) is 1. The summed E-state index contributed by atoms with van der Waals surface area (Å²) in [5, 5.41) is 10.7. The predicted octanol–water partition coefficient (Wildman–Crippen LogP) is 4.30. The fourth-order valence-corrected chi connectivity index (χ4v) is 2.75. The standard InChI is InChI=1S/C16H10F2N2OS/c17-12-3-1-11(2-4-12)14-7-13(18)5-6-15(14)21-16-8-22-10-20(16)9-19/h1-8H,10H2. The Kier molecular flexibility index (Phi) is 3.98. The minimum Gasteiger partial charge on any atom is -0.439 e. The van der Waals surface area contributed by atoms with Gasteiger partial charge in [-0.05, 0) is 35.9 Å². The molecule has 110 valence electrons. The lowest BCUT2D eigenvalue weighted by atomic mass is 10.0. The number of benzene rings is 2. The molecule has 1 aliphatic rings. The molecule has 0 bridgehead atoms. The van der Waals surface area contributed by atoms with Crippen LogP contribution in [-0.2, 0) is 0 Å². The van der Waals surface area contributed by atoms with Gasteiger partial charge in [0.2, 0.25) is 5.88 Å². The SMILES string of the molecule is N#CN1CSC=C1Oc1ccc(F)cc1-c1ccc(F)cc1. The lowest BCUT2D eigenvalue weighted by Gasteiger charge is -2.15. The Balaban J connectivity index is 1.98. The molecule has 3 rings (SSSR count). The largest absolute Gasteiger partial charge is 0.439 e. The fourth-order valence-electron chi connectivity index (χ4n) is 2.03. The Morgan fingerprint density at radius 2 is 1.82 bits per heavy atom. The first-order chi connectivity index (χ1) is 10.7. The van der Waals surface area contributed by atoms with E-state index in [1.807, 2.05) is 6.19 Å². The van der Waals surface area contributed by atoms with Crippen LogP contribution in [-0.4, -0.2) is 10.8 Å². The van der Waals surface area contributed by atoms with Crippen LogP contribution in [0.25, 0.3) is 11.1 Å². The molecule has 22 heavy (non-hydrogen) atoms. The van der Waals surface area contributed by atoms with Crippen LogP contribution in [0.4, 0.5) is 8.78 Å². The second-order valence-electron chi connectivity index (χ2n) is 4.53. The first-order valence-corrected chi connectivity index (χ1v) is 7.44. The Hall–Kier alpha value is -2.52. The van der Waals surface area contributed by atoms with Crippen LogP contribution in [0.1, 0.15) is 0 Å². The Bertz CT molecular complexity index is 769. The number of nitriles is 1. The first kappa shape index (κ1) is 14.4. The van der Waals surface area contributed by atoms with Crippen molar-refractivity contribution < 1.29 is 13.5 Å². The Morgan fingerprint density at radius 1 is 1.09 bits per heavy atom. The van der Waals surface area contributed by atoms with Gasteiger partial charge in [-0.1, -0.05) is 12.1 Å². The van der Waals surface area contributed by atoms with Gasteiger partial charge in [-0.2, -0.15) is 5.26 Å². The zero-order valence-corrected chi connectivity index (χ0v) is 12.1. The highest BCUT2D eigenvalue weighted by molar-refractivity contribution is 8.02. The third-order valence-corrected chi connectivity index (χ3v) is 3.86. The summed E-state index contributed by atoms with van der Waals surface area (Å²) in [5.41, 5.74) is 1.13. The van der Waals surface area contributed by atoms with E-state index in [1.165, 1.54) is 47.0 Å². The lowest BCUT2D eigenvalue weighted by molar-refractivity contribution is 0.309. The molecule has 2 aromatic rings. The topological polar surface area (TPSA) is 36.3 Å². The van der Waals surface area contributed by atoms with Gasteiger partial charge in [0.05, 0.1) is 5.88 Å². The van der Waals surface area contributed by atoms with Crippen LogP contribution in [0.2, 0.25) is 0 Å². The van der Waals surface area contributed by atoms with Crippen LogP contribution in [0.15, 0.2) is 53.8 Å². The molecular weight excluding hydrogens is 306 g/mol. The molecule has 0 N–H and O–H groups in total. The number of hydrogen-bond acceptors (Lipinski definition) is 4. The third-order valence-electron chi connectivity index (χ3n) is 3.09. The zero-order valence-electron chi connectivity index (χ0n) is 11.3. The van der Waals surface area contributed by atoms with Gasteiger partial charge < -0.3 is 4.74 Å². The van der Waals surface area contributed by atoms with Crippen molar-refractivity contribution in [3.8, 4) is 23.1 Å². The molecule has 1 heterocycles. The maximum atomic E-state index is 13.6. The van der Waals surface area contributed by atoms with Crippen molar-refractivity contribution in [1.82, 2.24) is 4.90 Å². The van der Waals surface area contributed by atoms with E-state index >= 15 is 0 Å². The average molecular weight is 316 g/mol. The van der Waals surface area contributed by atoms with Crippen LogP contribution in [0.5, 0.6) is 5.75 Å². The van der Waals surface area contributed by atoms with Gasteiger partial charge in [-0.3, -0.25) is 0 Å². The van der Waals surface area contributed by atoms with Crippen LogP contribution in [0, 0.1) is 23.1 Å². The molecule has 0 saturated heterocycles. The van der Waals surface area contributed by atoms with E-state index in [0.29, 0.717) is 28.6 Å². The summed E-state index contributed by atoms with van der Waals surface area (Å²) in [7, 11) is 0. The van der Waals surface area contributed by atoms with Crippen molar-refractivity contribution >= 4 is 11.8 Å². The summed E-state index contributed by atoms with van der Waals surface area (Å²) < 4.78 is 32.3. The summed E-state index contributed by atoms with van der Waals surface area (Å²) in [6.45, 7) is 0. The van der Waals surface area contributed by atoms with Gasteiger partial charge in [-0.25, -0.2) is 13.7 Å². The molecule has 0 spiro atoms. The van der Waals surface area contributed by atoms with E-state index in [-0.39, 0.29) is 5.82 Å². The minimum atomic E-state index is -0.418. The van der Waals surface area contributed by atoms with Crippen molar-refractivity contribution in [2.45, 2.75) is 0 Å².